The quantitative estimate of drug-likeness (QED) is 0.435. The maximum absolute atomic E-state index is 11.2. The SMILES string of the molecule is C=CC(=O)[Se]CC1CCC(C[Se]C(=O)C=C)[Se]1. The van der Waals surface area contributed by atoms with Crippen LogP contribution in [0.25, 0.3) is 0 Å². The van der Waals surface area contributed by atoms with Crippen LogP contribution >= 0.6 is 0 Å². The van der Waals surface area contributed by atoms with E-state index in [1.807, 2.05) is 0 Å². The molecule has 1 heterocycles. The van der Waals surface area contributed by atoms with E-state index in [1.165, 1.54) is 25.0 Å². The Bertz CT molecular complexity index is 285. The molecule has 0 amide bonds. The molecule has 0 saturated carbocycles. The summed E-state index contributed by atoms with van der Waals surface area (Å²) in [6.45, 7) is 7.01. The first-order chi connectivity index (χ1) is 8.15. The maximum atomic E-state index is 11.2. The van der Waals surface area contributed by atoms with Gasteiger partial charge in [0.05, 0.1) is 0 Å². The van der Waals surface area contributed by atoms with Gasteiger partial charge in [0.1, 0.15) is 0 Å². The number of hydrogen-bond donors (Lipinski definition) is 0. The van der Waals surface area contributed by atoms with Gasteiger partial charge >= 0.3 is 122 Å². The minimum atomic E-state index is 0.102. The van der Waals surface area contributed by atoms with Gasteiger partial charge in [0, 0.05) is 0 Å². The van der Waals surface area contributed by atoms with Crippen molar-refractivity contribution >= 4 is 54.2 Å². The van der Waals surface area contributed by atoms with Crippen molar-refractivity contribution in [3.05, 3.63) is 25.3 Å². The van der Waals surface area contributed by atoms with Crippen LogP contribution in [0.4, 0.5) is 0 Å². The average molecular weight is 429 g/mol. The minimum absolute atomic E-state index is 0.102. The number of rotatable bonds is 8. The first-order valence-corrected chi connectivity index (χ1v) is 11.5. The third kappa shape index (κ3) is 6.20. The van der Waals surface area contributed by atoms with Gasteiger partial charge < -0.3 is 0 Å². The Morgan fingerprint density at radius 2 is 1.47 bits per heavy atom. The second kappa shape index (κ2) is 8.48. The van der Waals surface area contributed by atoms with E-state index < -0.39 is 0 Å². The van der Waals surface area contributed by atoms with E-state index in [4.69, 9.17) is 0 Å². The van der Waals surface area contributed by atoms with Crippen molar-refractivity contribution in [2.75, 3.05) is 0 Å². The summed E-state index contributed by atoms with van der Waals surface area (Å²) in [6, 6.07) is 0. The van der Waals surface area contributed by atoms with Crippen LogP contribution in [-0.4, -0.2) is 54.2 Å². The van der Waals surface area contributed by atoms with Crippen LogP contribution in [0.2, 0.25) is 20.3 Å². The van der Waals surface area contributed by atoms with E-state index >= 15 is 0 Å². The normalized spacial score (nSPS) is 23.3. The summed E-state index contributed by atoms with van der Waals surface area (Å²) in [5, 5.41) is 2.16. The topological polar surface area (TPSA) is 34.1 Å². The second-order valence-corrected chi connectivity index (χ2v) is 11.3. The third-order valence-corrected chi connectivity index (χ3v) is 12.1. The van der Waals surface area contributed by atoms with Gasteiger partial charge in [-0.2, -0.15) is 0 Å². The van der Waals surface area contributed by atoms with E-state index in [9.17, 15) is 9.59 Å². The number of allylic oxidation sites excluding steroid dienone is 2. The van der Waals surface area contributed by atoms with Crippen molar-refractivity contribution in [2.45, 2.75) is 33.1 Å². The Labute approximate surface area is 122 Å². The molecular formula is C12H16O2Se3. The molecule has 0 aliphatic carbocycles. The van der Waals surface area contributed by atoms with Crippen molar-refractivity contribution in [3.63, 3.8) is 0 Å². The molecule has 0 aromatic carbocycles. The molecule has 1 aliphatic rings. The molecule has 1 aliphatic heterocycles. The predicted molar refractivity (Wildman–Crippen MR) is 74.0 cm³/mol. The molecule has 17 heavy (non-hydrogen) atoms. The summed E-state index contributed by atoms with van der Waals surface area (Å²) < 4.78 is 0.450. The van der Waals surface area contributed by atoms with Gasteiger partial charge in [-0.1, -0.05) is 0 Å². The molecule has 0 aromatic rings. The molecule has 94 valence electrons. The van der Waals surface area contributed by atoms with E-state index in [2.05, 4.69) is 13.2 Å². The van der Waals surface area contributed by atoms with Crippen LogP contribution in [0.5, 0.6) is 0 Å². The molecule has 5 heteroatoms. The fraction of sp³-hybridized carbons (Fsp3) is 0.500. The van der Waals surface area contributed by atoms with Gasteiger partial charge in [-0.05, 0) is 0 Å². The van der Waals surface area contributed by atoms with Crippen molar-refractivity contribution in [2.24, 2.45) is 0 Å². The number of carbonyl (C=O) groups is 2. The van der Waals surface area contributed by atoms with E-state index in [0.717, 1.165) is 20.3 Å². The first kappa shape index (κ1) is 15.4. The van der Waals surface area contributed by atoms with Gasteiger partial charge in [-0.3, -0.25) is 0 Å². The zero-order chi connectivity index (χ0) is 12.7. The van der Waals surface area contributed by atoms with Crippen LogP contribution in [0, 0.1) is 0 Å². The van der Waals surface area contributed by atoms with Gasteiger partial charge in [-0.25, -0.2) is 0 Å². The Kier molecular flexibility index (Phi) is 7.70. The zero-order valence-corrected chi connectivity index (χ0v) is 14.7. The van der Waals surface area contributed by atoms with Crippen LogP contribution in [-0.2, 0) is 9.59 Å². The Morgan fingerprint density at radius 1 is 1.06 bits per heavy atom. The van der Waals surface area contributed by atoms with Crippen LogP contribution in [0.15, 0.2) is 25.3 Å². The molecule has 1 rings (SSSR count). The molecule has 0 N–H and O–H groups in total. The summed E-state index contributed by atoms with van der Waals surface area (Å²) in [4.78, 5) is 23.9. The molecule has 2 unspecified atom stereocenters. The fourth-order valence-electron chi connectivity index (χ4n) is 1.49. The van der Waals surface area contributed by atoms with Gasteiger partial charge in [0.2, 0.25) is 0 Å². The summed E-state index contributed by atoms with van der Waals surface area (Å²) in [7, 11) is 0. The molecule has 1 fully saturated rings. The zero-order valence-electron chi connectivity index (χ0n) is 9.59. The van der Waals surface area contributed by atoms with Crippen molar-refractivity contribution < 1.29 is 9.59 Å². The Hall–Kier alpha value is 0.378. The van der Waals surface area contributed by atoms with E-state index in [-0.39, 0.29) is 39.3 Å². The Balaban J connectivity index is 2.18. The predicted octanol–water partition coefficient (Wildman–Crippen LogP) is 1.73. The van der Waals surface area contributed by atoms with E-state index in [1.54, 1.807) is 0 Å². The van der Waals surface area contributed by atoms with E-state index in [0.29, 0.717) is 15.0 Å². The average Bonchev–Trinajstić information content (AvgIpc) is 2.80. The monoisotopic (exact) mass is 432 g/mol. The molecule has 0 bridgehead atoms. The van der Waals surface area contributed by atoms with Crippen LogP contribution in [0.1, 0.15) is 12.8 Å². The number of carbonyl (C=O) groups excluding carboxylic acids is 2. The van der Waals surface area contributed by atoms with Crippen molar-refractivity contribution in [1.82, 2.24) is 0 Å². The fourth-order valence-corrected chi connectivity index (χ4v) is 9.97. The van der Waals surface area contributed by atoms with Gasteiger partial charge in [-0.15, -0.1) is 0 Å². The Morgan fingerprint density at radius 3 is 1.82 bits per heavy atom. The van der Waals surface area contributed by atoms with Gasteiger partial charge in [0.15, 0.2) is 0 Å². The molecule has 0 aromatic heterocycles. The molecular weight excluding hydrogens is 413 g/mol. The molecule has 2 atom stereocenters. The summed E-state index contributed by atoms with van der Waals surface area (Å²) in [6.07, 6.45) is 5.42. The van der Waals surface area contributed by atoms with Crippen molar-refractivity contribution in [1.29, 1.82) is 0 Å². The third-order valence-electron chi connectivity index (χ3n) is 2.35. The second-order valence-electron chi connectivity index (χ2n) is 3.63. The van der Waals surface area contributed by atoms with Crippen LogP contribution in [0.3, 0.4) is 0 Å². The summed E-state index contributed by atoms with van der Waals surface area (Å²) in [5.41, 5.74) is 0. The molecule has 2 nitrogen and oxygen atoms in total. The van der Waals surface area contributed by atoms with Crippen LogP contribution < -0.4 is 0 Å². The summed E-state index contributed by atoms with van der Waals surface area (Å²) in [5.74, 6) is 0. The van der Waals surface area contributed by atoms with Gasteiger partial charge in [0.25, 0.3) is 0 Å². The molecule has 0 spiro atoms. The number of hydrogen-bond acceptors (Lipinski definition) is 2. The first-order valence-electron chi connectivity index (χ1n) is 5.39. The standard InChI is InChI=1S/C12H16O2Se3/c1-3-11(13)15-7-9-5-6-10(17-9)8-16-12(14)4-2/h3-4,9-10H,1-2,5-8H2. The molecule has 0 radical (unpaired) electrons. The summed E-state index contributed by atoms with van der Waals surface area (Å²) >= 11 is 0.836. The van der Waals surface area contributed by atoms with Crippen molar-refractivity contribution in [3.8, 4) is 0 Å². The molecule has 1 saturated heterocycles.